The highest BCUT2D eigenvalue weighted by Crippen LogP contribution is 2.37. The number of nitrogens with zero attached hydrogens (tertiary/aromatic N) is 2. The maximum Gasteiger partial charge on any atom is 0.318 e. The van der Waals surface area contributed by atoms with Gasteiger partial charge in [-0.05, 0) is 47.9 Å². The van der Waals surface area contributed by atoms with Gasteiger partial charge in [0.25, 0.3) is 0 Å². The number of likely N-dealkylation sites (tertiary alicyclic amines) is 1. The number of Topliss-reactive ketones (excluding diaryl/α,β-unsaturated/α-hetero) is 1. The monoisotopic (exact) mass is 469 g/mol. The average molecular weight is 470 g/mol. The molecule has 1 unspecified atom stereocenters. The lowest BCUT2D eigenvalue weighted by atomic mass is 9.71. The third-order valence-corrected chi connectivity index (χ3v) is 6.57. The van der Waals surface area contributed by atoms with Gasteiger partial charge in [0.1, 0.15) is 5.75 Å². The molecule has 0 aliphatic carbocycles. The van der Waals surface area contributed by atoms with Gasteiger partial charge in [-0.15, -0.1) is 0 Å². The SMILES string of the molecule is COc1ccc(CC2N(C(=O)NCc3ccccc3)C/C(=C/c3ccccn3)C(=O)C2(C)C)cc1. The van der Waals surface area contributed by atoms with E-state index in [1.165, 1.54) is 0 Å². The van der Waals surface area contributed by atoms with Gasteiger partial charge in [-0.2, -0.15) is 0 Å². The predicted octanol–water partition coefficient (Wildman–Crippen LogP) is 4.91. The molecular formula is C29H31N3O3. The standard InChI is InChI=1S/C29H31N3O3/c1-29(2)26(17-21-12-14-25(35-3)15-13-21)32(28(34)31-19-22-9-5-4-6-10-22)20-23(27(29)33)18-24-11-7-8-16-30-24/h4-16,18,26H,17,19-20H2,1-3H3,(H,31,34)/b23-18-. The van der Waals surface area contributed by atoms with E-state index < -0.39 is 5.41 Å². The number of piperidine rings is 1. The normalized spacial score (nSPS) is 18.4. The van der Waals surface area contributed by atoms with Crippen molar-refractivity contribution in [1.82, 2.24) is 15.2 Å². The molecule has 2 heterocycles. The molecule has 2 amide bonds. The molecular weight excluding hydrogens is 438 g/mol. The summed E-state index contributed by atoms with van der Waals surface area (Å²) >= 11 is 0. The van der Waals surface area contributed by atoms with Crippen LogP contribution in [0.2, 0.25) is 0 Å². The van der Waals surface area contributed by atoms with E-state index in [4.69, 9.17) is 4.74 Å². The first-order valence-corrected chi connectivity index (χ1v) is 11.8. The molecule has 0 radical (unpaired) electrons. The number of nitrogens with one attached hydrogen (secondary N) is 1. The highest BCUT2D eigenvalue weighted by molar-refractivity contribution is 6.05. The number of ether oxygens (including phenoxy) is 1. The number of methoxy groups -OCH3 is 1. The zero-order valence-electron chi connectivity index (χ0n) is 20.4. The van der Waals surface area contributed by atoms with Crippen molar-refractivity contribution < 1.29 is 14.3 Å². The second-order valence-corrected chi connectivity index (χ2v) is 9.32. The lowest BCUT2D eigenvalue weighted by Gasteiger charge is -2.46. The minimum Gasteiger partial charge on any atom is -0.497 e. The Morgan fingerprint density at radius 1 is 1.06 bits per heavy atom. The number of urea groups is 1. The van der Waals surface area contributed by atoms with Crippen LogP contribution in [0.4, 0.5) is 4.79 Å². The molecule has 6 nitrogen and oxygen atoms in total. The summed E-state index contributed by atoms with van der Waals surface area (Å²) in [5.74, 6) is 0.805. The summed E-state index contributed by atoms with van der Waals surface area (Å²) in [4.78, 5) is 33.3. The van der Waals surface area contributed by atoms with Crippen LogP contribution in [-0.2, 0) is 17.8 Å². The van der Waals surface area contributed by atoms with Gasteiger partial charge in [0.05, 0.1) is 25.4 Å². The Bertz CT molecular complexity index is 1190. The summed E-state index contributed by atoms with van der Waals surface area (Å²) < 4.78 is 5.28. The number of amides is 2. The number of ketones is 1. The van der Waals surface area contributed by atoms with Crippen molar-refractivity contribution in [3.63, 3.8) is 0 Å². The van der Waals surface area contributed by atoms with Crippen LogP contribution in [0.25, 0.3) is 6.08 Å². The number of rotatable bonds is 6. The van der Waals surface area contributed by atoms with E-state index >= 15 is 0 Å². The van der Waals surface area contributed by atoms with Gasteiger partial charge in [0, 0.05) is 23.7 Å². The summed E-state index contributed by atoms with van der Waals surface area (Å²) in [5, 5.41) is 3.05. The van der Waals surface area contributed by atoms with Crippen molar-refractivity contribution >= 4 is 17.9 Å². The molecule has 1 aliphatic rings. The minimum absolute atomic E-state index is 0.0359. The zero-order chi connectivity index (χ0) is 24.8. The molecule has 0 saturated carbocycles. The van der Waals surface area contributed by atoms with E-state index in [1.54, 1.807) is 24.3 Å². The number of hydrogen-bond donors (Lipinski definition) is 1. The number of pyridine rings is 1. The van der Waals surface area contributed by atoms with Gasteiger partial charge in [-0.1, -0.05) is 62.4 Å². The van der Waals surface area contributed by atoms with Gasteiger partial charge < -0.3 is 15.0 Å². The van der Waals surface area contributed by atoms with E-state index in [2.05, 4.69) is 10.3 Å². The summed E-state index contributed by atoms with van der Waals surface area (Å²) in [6.07, 6.45) is 4.05. The summed E-state index contributed by atoms with van der Waals surface area (Å²) in [6, 6.07) is 22.6. The van der Waals surface area contributed by atoms with Crippen molar-refractivity contribution in [2.24, 2.45) is 5.41 Å². The quantitative estimate of drug-likeness (QED) is 0.521. The second-order valence-electron chi connectivity index (χ2n) is 9.32. The molecule has 1 N–H and O–H groups in total. The topological polar surface area (TPSA) is 71.5 Å². The predicted molar refractivity (Wildman–Crippen MR) is 137 cm³/mol. The fraction of sp³-hybridized carbons (Fsp3) is 0.276. The third kappa shape index (κ3) is 5.60. The summed E-state index contributed by atoms with van der Waals surface area (Å²) in [7, 11) is 1.63. The van der Waals surface area contributed by atoms with Crippen LogP contribution in [0.1, 0.15) is 30.7 Å². The number of aromatic nitrogens is 1. The number of carbonyl (C=O) groups is 2. The smallest absolute Gasteiger partial charge is 0.318 e. The average Bonchev–Trinajstić information content (AvgIpc) is 2.89. The molecule has 0 spiro atoms. The molecule has 1 atom stereocenters. The van der Waals surface area contributed by atoms with Crippen LogP contribution < -0.4 is 10.1 Å². The van der Waals surface area contributed by atoms with E-state index in [0.717, 1.165) is 16.9 Å². The molecule has 6 heteroatoms. The van der Waals surface area contributed by atoms with Crippen LogP contribution in [-0.4, -0.2) is 41.4 Å². The second kappa shape index (κ2) is 10.6. The Kier molecular flexibility index (Phi) is 7.30. The van der Waals surface area contributed by atoms with E-state index in [-0.39, 0.29) is 24.4 Å². The van der Waals surface area contributed by atoms with Gasteiger partial charge >= 0.3 is 6.03 Å². The van der Waals surface area contributed by atoms with Crippen LogP contribution >= 0.6 is 0 Å². The Morgan fingerprint density at radius 3 is 2.43 bits per heavy atom. The van der Waals surface area contributed by atoms with Crippen molar-refractivity contribution in [3.05, 3.63) is 101 Å². The van der Waals surface area contributed by atoms with Crippen molar-refractivity contribution in [2.45, 2.75) is 32.9 Å². The number of carbonyl (C=O) groups excluding carboxylic acids is 2. The molecule has 0 bridgehead atoms. The van der Waals surface area contributed by atoms with Crippen molar-refractivity contribution in [3.8, 4) is 5.75 Å². The first-order valence-electron chi connectivity index (χ1n) is 11.8. The molecule has 1 aliphatic heterocycles. The minimum atomic E-state index is -0.789. The lowest BCUT2D eigenvalue weighted by Crippen LogP contribution is -2.60. The fourth-order valence-corrected chi connectivity index (χ4v) is 4.51. The molecule has 3 aromatic rings. The van der Waals surface area contributed by atoms with E-state index in [0.29, 0.717) is 24.2 Å². The first-order chi connectivity index (χ1) is 16.9. The summed E-state index contributed by atoms with van der Waals surface area (Å²) in [6.45, 7) is 4.48. The number of hydrogen-bond acceptors (Lipinski definition) is 4. The third-order valence-electron chi connectivity index (χ3n) is 6.57. The van der Waals surface area contributed by atoms with Crippen LogP contribution in [0.3, 0.4) is 0 Å². The molecule has 1 saturated heterocycles. The Hall–Kier alpha value is -3.93. The van der Waals surface area contributed by atoms with Gasteiger partial charge in [0.15, 0.2) is 5.78 Å². The molecule has 4 rings (SSSR count). The maximum absolute atomic E-state index is 13.6. The van der Waals surface area contributed by atoms with E-state index in [9.17, 15) is 9.59 Å². The zero-order valence-corrected chi connectivity index (χ0v) is 20.4. The van der Waals surface area contributed by atoms with Crippen molar-refractivity contribution in [2.75, 3.05) is 13.7 Å². The Balaban J connectivity index is 1.64. The van der Waals surface area contributed by atoms with Gasteiger partial charge in [0.2, 0.25) is 0 Å². The molecule has 1 fully saturated rings. The molecule has 35 heavy (non-hydrogen) atoms. The van der Waals surface area contributed by atoms with Crippen LogP contribution in [0, 0.1) is 5.41 Å². The first kappa shape index (κ1) is 24.2. The maximum atomic E-state index is 13.6. The Morgan fingerprint density at radius 2 is 1.77 bits per heavy atom. The van der Waals surface area contributed by atoms with E-state index in [1.807, 2.05) is 86.6 Å². The largest absolute Gasteiger partial charge is 0.497 e. The van der Waals surface area contributed by atoms with Crippen LogP contribution in [0.5, 0.6) is 5.75 Å². The highest BCUT2D eigenvalue weighted by atomic mass is 16.5. The molecule has 180 valence electrons. The summed E-state index contributed by atoms with van der Waals surface area (Å²) in [5.41, 5.74) is 2.54. The number of benzene rings is 2. The van der Waals surface area contributed by atoms with Crippen LogP contribution in [0.15, 0.2) is 84.6 Å². The lowest BCUT2D eigenvalue weighted by molar-refractivity contribution is -0.128. The van der Waals surface area contributed by atoms with Gasteiger partial charge in [-0.25, -0.2) is 4.79 Å². The fourth-order valence-electron chi connectivity index (χ4n) is 4.51. The van der Waals surface area contributed by atoms with Gasteiger partial charge in [-0.3, -0.25) is 9.78 Å². The Labute approximate surface area is 206 Å². The highest BCUT2D eigenvalue weighted by Gasteiger charge is 2.47. The molecule has 1 aromatic heterocycles. The molecule has 2 aromatic carbocycles. The van der Waals surface area contributed by atoms with Crippen molar-refractivity contribution in [1.29, 1.82) is 0 Å².